The number of halogens is 1. The summed E-state index contributed by atoms with van der Waals surface area (Å²) < 4.78 is 0. The average molecular weight is 278 g/mol. The van der Waals surface area contributed by atoms with Gasteiger partial charge in [0.1, 0.15) is 5.75 Å². The van der Waals surface area contributed by atoms with Crippen LogP contribution in [-0.2, 0) is 0 Å². The van der Waals surface area contributed by atoms with Gasteiger partial charge in [-0.2, -0.15) is 0 Å². The van der Waals surface area contributed by atoms with Crippen LogP contribution in [0.15, 0.2) is 24.3 Å². The third-order valence-corrected chi connectivity index (χ3v) is 2.86. The Kier molecular flexibility index (Phi) is 3.66. The van der Waals surface area contributed by atoms with E-state index in [0.29, 0.717) is 11.3 Å². The number of carbonyl (C=O) groups is 1. The minimum Gasteiger partial charge on any atom is -0.508 e. The fourth-order valence-electron chi connectivity index (χ4n) is 1.56. The van der Waals surface area contributed by atoms with Gasteiger partial charge in [-0.25, -0.2) is 0 Å². The Morgan fingerprint density at radius 1 is 1.21 bits per heavy atom. The van der Waals surface area contributed by atoms with Crippen LogP contribution in [0.25, 0.3) is 0 Å². The van der Waals surface area contributed by atoms with Crippen molar-refractivity contribution in [3.63, 3.8) is 0 Å². The van der Waals surface area contributed by atoms with Gasteiger partial charge in [-0.15, -0.1) is 10.2 Å². The van der Waals surface area contributed by atoms with E-state index in [1.165, 1.54) is 12.1 Å². The fourth-order valence-corrected chi connectivity index (χ4v) is 1.66. The van der Waals surface area contributed by atoms with Crippen molar-refractivity contribution in [2.75, 3.05) is 5.32 Å². The van der Waals surface area contributed by atoms with Crippen LogP contribution >= 0.6 is 11.6 Å². The number of amides is 1. The summed E-state index contributed by atoms with van der Waals surface area (Å²) in [5, 5.41) is 19.8. The maximum Gasteiger partial charge on any atom is 0.276 e. The standard InChI is InChI=1S/C13H12ClN3O2/c1-7-6-11(18)8(2)5-10(7)15-13(19)9-3-4-12(14)17-16-9/h3-6,18H,1-2H3,(H,15,19). The van der Waals surface area contributed by atoms with Gasteiger partial charge < -0.3 is 10.4 Å². The Morgan fingerprint density at radius 3 is 2.58 bits per heavy atom. The molecule has 0 atom stereocenters. The topological polar surface area (TPSA) is 75.1 Å². The van der Waals surface area contributed by atoms with Gasteiger partial charge in [-0.3, -0.25) is 4.79 Å². The van der Waals surface area contributed by atoms with Crippen molar-refractivity contribution in [3.8, 4) is 5.75 Å². The summed E-state index contributed by atoms with van der Waals surface area (Å²) in [5.41, 5.74) is 2.24. The second-order valence-electron chi connectivity index (χ2n) is 4.15. The predicted octanol–water partition coefficient (Wildman–Crippen LogP) is 2.70. The van der Waals surface area contributed by atoms with E-state index in [4.69, 9.17) is 11.6 Å². The SMILES string of the molecule is Cc1cc(NC(=O)c2ccc(Cl)nn2)c(C)cc1O. The maximum absolute atomic E-state index is 12.0. The third kappa shape index (κ3) is 3.00. The highest BCUT2D eigenvalue weighted by molar-refractivity contribution is 6.29. The number of nitrogens with one attached hydrogen (secondary N) is 1. The maximum atomic E-state index is 12.0. The first kappa shape index (κ1) is 13.3. The molecule has 0 unspecified atom stereocenters. The molecule has 2 N–H and O–H groups in total. The first-order chi connectivity index (χ1) is 8.97. The second kappa shape index (κ2) is 5.24. The molecule has 0 spiro atoms. The zero-order chi connectivity index (χ0) is 14.0. The normalized spacial score (nSPS) is 10.3. The third-order valence-electron chi connectivity index (χ3n) is 2.66. The van der Waals surface area contributed by atoms with Crippen molar-refractivity contribution in [2.24, 2.45) is 0 Å². The zero-order valence-electron chi connectivity index (χ0n) is 10.4. The summed E-state index contributed by atoms with van der Waals surface area (Å²) in [5.74, 6) is -0.181. The second-order valence-corrected chi connectivity index (χ2v) is 4.54. The molecule has 2 rings (SSSR count). The van der Waals surface area contributed by atoms with Gasteiger partial charge in [0.25, 0.3) is 5.91 Å². The van der Waals surface area contributed by atoms with Crippen molar-refractivity contribution in [1.29, 1.82) is 0 Å². The molecule has 0 saturated carbocycles. The van der Waals surface area contributed by atoms with Crippen LogP contribution < -0.4 is 5.32 Å². The first-order valence-electron chi connectivity index (χ1n) is 5.58. The lowest BCUT2D eigenvalue weighted by Gasteiger charge is -2.10. The first-order valence-corrected chi connectivity index (χ1v) is 5.96. The molecule has 0 saturated heterocycles. The largest absolute Gasteiger partial charge is 0.508 e. The quantitative estimate of drug-likeness (QED) is 0.828. The van der Waals surface area contributed by atoms with Crippen molar-refractivity contribution in [3.05, 3.63) is 46.2 Å². The number of phenolic OH excluding ortho intramolecular Hbond substituents is 1. The molecule has 1 heterocycles. The summed E-state index contributed by atoms with van der Waals surface area (Å²) in [7, 11) is 0. The number of phenols is 1. The molecule has 1 aromatic heterocycles. The summed E-state index contributed by atoms with van der Waals surface area (Å²) in [6, 6.07) is 6.29. The smallest absolute Gasteiger partial charge is 0.276 e. The number of hydrogen-bond acceptors (Lipinski definition) is 4. The summed E-state index contributed by atoms with van der Waals surface area (Å²) >= 11 is 5.61. The minimum absolute atomic E-state index is 0.175. The lowest BCUT2D eigenvalue weighted by molar-refractivity contribution is 0.102. The highest BCUT2D eigenvalue weighted by Crippen LogP contribution is 2.25. The molecule has 0 bridgehead atoms. The summed E-state index contributed by atoms with van der Waals surface area (Å²) in [4.78, 5) is 12.0. The van der Waals surface area contributed by atoms with E-state index < -0.39 is 0 Å². The molecule has 0 fully saturated rings. The molecule has 0 radical (unpaired) electrons. The molecule has 5 nitrogen and oxygen atoms in total. The Balaban J connectivity index is 2.24. The van der Waals surface area contributed by atoms with E-state index >= 15 is 0 Å². The van der Waals surface area contributed by atoms with Crippen molar-refractivity contribution in [2.45, 2.75) is 13.8 Å². The van der Waals surface area contributed by atoms with E-state index in [9.17, 15) is 9.90 Å². The van der Waals surface area contributed by atoms with Crippen LogP contribution in [0.2, 0.25) is 5.15 Å². The van der Waals surface area contributed by atoms with Crippen LogP contribution in [0.4, 0.5) is 5.69 Å². The number of hydrogen-bond donors (Lipinski definition) is 2. The van der Waals surface area contributed by atoms with E-state index in [1.54, 1.807) is 26.0 Å². The van der Waals surface area contributed by atoms with Crippen molar-refractivity contribution in [1.82, 2.24) is 10.2 Å². The van der Waals surface area contributed by atoms with E-state index in [-0.39, 0.29) is 22.5 Å². The van der Waals surface area contributed by atoms with Gasteiger partial charge in [-0.1, -0.05) is 11.6 Å². The molecule has 98 valence electrons. The molecule has 0 aliphatic rings. The molecular weight excluding hydrogens is 266 g/mol. The molecule has 6 heteroatoms. The Labute approximate surface area is 115 Å². The van der Waals surface area contributed by atoms with Crippen LogP contribution in [0.1, 0.15) is 21.6 Å². The number of aromatic nitrogens is 2. The highest BCUT2D eigenvalue weighted by Gasteiger charge is 2.11. The number of aromatic hydroxyl groups is 1. The fraction of sp³-hybridized carbons (Fsp3) is 0.154. The lowest BCUT2D eigenvalue weighted by atomic mass is 10.1. The predicted molar refractivity (Wildman–Crippen MR) is 72.6 cm³/mol. The summed E-state index contributed by atoms with van der Waals surface area (Å²) in [6.45, 7) is 3.55. The van der Waals surface area contributed by atoms with Gasteiger partial charge in [0.05, 0.1) is 0 Å². The number of anilines is 1. The molecule has 0 aliphatic carbocycles. The molecule has 2 aromatic rings. The van der Waals surface area contributed by atoms with Crippen molar-refractivity contribution >= 4 is 23.2 Å². The van der Waals surface area contributed by atoms with Crippen LogP contribution in [0, 0.1) is 13.8 Å². The zero-order valence-corrected chi connectivity index (χ0v) is 11.2. The molecular formula is C13H12ClN3O2. The average Bonchev–Trinajstić information content (AvgIpc) is 2.36. The monoisotopic (exact) mass is 277 g/mol. The van der Waals surface area contributed by atoms with Gasteiger partial charge in [0.2, 0.25) is 0 Å². The van der Waals surface area contributed by atoms with Gasteiger partial charge in [-0.05, 0) is 49.2 Å². The van der Waals surface area contributed by atoms with E-state index in [0.717, 1.165) is 5.56 Å². The molecule has 19 heavy (non-hydrogen) atoms. The Hall–Kier alpha value is -2.14. The van der Waals surface area contributed by atoms with Gasteiger partial charge in [0, 0.05) is 5.69 Å². The van der Waals surface area contributed by atoms with Gasteiger partial charge >= 0.3 is 0 Å². The number of nitrogens with zero attached hydrogens (tertiary/aromatic N) is 2. The van der Waals surface area contributed by atoms with Gasteiger partial charge in [0.15, 0.2) is 10.8 Å². The lowest BCUT2D eigenvalue weighted by Crippen LogP contribution is -2.15. The summed E-state index contributed by atoms with van der Waals surface area (Å²) in [6.07, 6.45) is 0. The van der Waals surface area contributed by atoms with Crippen LogP contribution in [0.3, 0.4) is 0 Å². The Bertz CT molecular complexity index is 627. The van der Waals surface area contributed by atoms with Crippen LogP contribution in [0.5, 0.6) is 5.75 Å². The van der Waals surface area contributed by atoms with E-state index in [1.807, 2.05) is 0 Å². The number of carbonyl (C=O) groups excluding carboxylic acids is 1. The van der Waals surface area contributed by atoms with E-state index in [2.05, 4.69) is 15.5 Å². The Morgan fingerprint density at radius 2 is 1.95 bits per heavy atom. The van der Waals surface area contributed by atoms with Crippen LogP contribution in [-0.4, -0.2) is 21.2 Å². The molecule has 0 aliphatic heterocycles. The molecule has 1 amide bonds. The number of aryl methyl sites for hydroxylation is 2. The molecule has 1 aromatic carbocycles. The highest BCUT2D eigenvalue weighted by atomic mass is 35.5. The number of benzene rings is 1. The van der Waals surface area contributed by atoms with Crippen molar-refractivity contribution < 1.29 is 9.90 Å². The number of rotatable bonds is 2. The minimum atomic E-state index is -0.377.